The van der Waals surface area contributed by atoms with Crippen molar-refractivity contribution in [3.8, 4) is 0 Å². The summed E-state index contributed by atoms with van der Waals surface area (Å²) in [6, 6.07) is 0. The van der Waals surface area contributed by atoms with Crippen LogP contribution in [0.15, 0.2) is 6.20 Å². The SMILES string of the molecule is OCC1OC(OCCCn2cc(CNC(=S)S)nn2)C(O)C(O)C1O. The zero-order chi connectivity index (χ0) is 18.4. The number of aromatic nitrogens is 3. The van der Waals surface area contributed by atoms with Gasteiger partial charge in [-0.15, -0.1) is 17.7 Å². The monoisotopic (exact) mass is 394 g/mol. The molecule has 12 heteroatoms. The van der Waals surface area contributed by atoms with Crippen LogP contribution >= 0.6 is 24.8 Å². The fourth-order valence-electron chi connectivity index (χ4n) is 2.33. The summed E-state index contributed by atoms with van der Waals surface area (Å²) in [4.78, 5) is 0. The van der Waals surface area contributed by atoms with Gasteiger partial charge in [0, 0.05) is 6.54 Å². The Balaban J connectivity index is 1.72. The molecule has 1 saturated heterocycles. The lowest BCUT2D eigenvalue weighted by Gasteiger charge is -2.39. The van der Waals surface area contributed by atoms with E-state index in [1.807, 2.05) is 0 Å². The highest BCUT2D eigenvalue weighted by molar-refractivity contribution is 8.11. The minimum atomic E-state index is -1.45. The summed E-state index contributed by atoms with van der Waals surface area (Å²) in [5, 5.41) is 49.1. The third-order valence-corrected chi connectivity index (χ3v) is 3.97. The smallest absolute Gasteiger partial charge is 0.186 e. The van der Waals surface area contributed by atoms with Gasteiger partial charge in [-0.05, 0) is 6.42 Å². The molecule has 1 aliphatic rings. The molecule has 1 fully saturated rings. The molecular weight excluding hydrogens is 372 g/mol. The van der Waals surface area contributed by atoms with E-state index in [1.54, 1.807) is 10.9 Å². The summed E-state index contributed by atoms with van der Waals surface area (Å²) in [6.07, 6.45) is -4.03. The maximum atomic E-state index is 9.85. The Morgan fingerprint density at radius 2 is 2.12 bits per heavy atom. The maximum Gasteiger partial charge on any atom is 0.186 e. The fraction of sp³-hybridized carbons (Fsp3) is 0.769. The third-order valence-electron chi connectivity index (χ3n) is 3.67. The first kappa shape index (κ1) is 20.5. The van der Waals surface area contributed by atoms with Gasteiger partial charge in [0.1, 0.15) is 34.4 Å². The van der Waals surface area contributed by atoms with Gasteiger partial charge in [0.25, 0.3) is 0 Å². The Hall–Kier alpha value is -0.860. The minimum absolute atomic E-state index is 0.219. The zero-order valence-electron chi connectivity index (χ0n) is 13.3. The van der Waals surface area contributed by atoms with Gasteiger partial charge in [-0.1, -0.05) is 17.4 Å². The summed E-state index contributed by atoms with van der Waals surface area (Å²) >= 11 is 8.75. The summed E-state index contributed by atoms with van der Waals surface area (Å²) < 4.78 is 12.7. The Labute approximate surface area is 155 Å². The Morgan fingerprint density at radius 3 is 2.80 bits per heavy atom. The summed E-state index contributed by atoms with van der Waals surface area (Å²) in [6.45, 7) is 0.687. The normalized spacial score (nSPS) is 29.6. The highest BCUT2D eigenvalue weighted by Crippen LogP contribution is 2.21. The van der Waals surface area contributed by atoms with E-state index in [2.05, 4.69) is 28.3 Å². The van der Waals surface area contributed by atoms with E-state index in [0.29, 0.717) is 29.5 Å². The van der Waals surface area contributed by atoms with Crippen LogP contribution in [0.2, 0.25) is 0 Å². The van der Waals surface area contributed by atoms with Gasteiger partial charge in [0.15, 0.2) is 6.29 Å². The van der Waals surface area contributed by atoms with Gasteiger partial charge in [-0.3, -0.25) is 4.68 Å². The molecular formula is C13H22N4O6S2. The van der Waals surface area contributed by atoms with Crippen molar-refractivity contribution in [3.05, 3.63) is 11.9 Å². The molecule has 0 saturated carbocycles. The number of aliphatic hydroxyl groups is 4. The first-order valence-corrected chi connectivity index (χ1v) is 8.56. The van der Waals surface area contributed by atoms with Gasteiger partial charge < -0.3 is 35.2 Å². The predicted molar refractivity (Wildman–Crippen MR) is 92.8 cm³/mol. The first-order valence-electron chi connectivity index (χ1n) is 7.70. The van der Waals surface area contributed by atoms with Crippen molar-refractivity contribution >= 4 is 29.2 Å². The van der Waals surface area contributed by atoms with E-state index in [1.165, 1.54) is 0 Å². The van der Waals surface area contributed by atoms with Crippen LogP contribution in [0.4, 0.5) is 0 Å². The molecule has 1 aromatic heterocycles. The molecule has 5 atom stereocenters. The van der Waals surface area contributed by atoms with E-state index in [4.69, 9.17) is 26.8 Å². The van der Waals surface area contributed by atoms with Crippen LogP contribution in [0.25, 0.3) is 0 Å². The summed E-state index contributed by atoms with van der Waals surface area (Å²) in [7, 11) is 0. The van der Waals surface area contributed by atoms with Crippen LogP contribution in [0.1, 0.15) is 12.1 Å². The van der Waals surface area contributed by atoms with Crippen LogP contribution < -0.4 is 5.32 Å². The number of thiol groups is 1. The molecule has 5 N–H and O–H groups in total. The quantitative estimate of drug-likeness (QED) is 0.163. The van der Waals surface area contributed by atoms with Crippen LogP contribution in [0.3, 0.4) is 0 Å². The number of thiocarbonyl (C=S) groups is 1. The minimum Gasteiger partial charge on any atom is -0.394 e. The molecule has 25 heavy (non-hydrogen) atoms. The van der Waals surface area contributed by atoms with E-state index in [0.717, 1.165) is 0 Å². The molecule has 0 aromatic carbocycles. The number of aryl methyl sites for hydroxylation is 1. The van der Waals surface area contributed by atoms with Gasteiger partial charge >= 0.3 is 0 Å². The van der Waals surface area contributed by atoms with E-state index in [-0.39, 0.29) is 6.61 Å². The van der Waals surface area contributed by atoms with Crippen molar-refractivity contribution in [2.24, 2.45) is 0 Å². The Bertz CT molecular complexity index is 560. The van der Waals surface area contributed by atoms with Crippen LogP contribution in [0.5, 0.6) is 0 Å². The highest BCUT2D eigenvalue weighted by atomic mass is 32.1. The second-order valence-electron chi connectivity index (χ2n) is 5.55. The largest absolute Gasteiger partial charge is 0.394 e. The molecule has 10 nitrogen and oxygen atoms in total. The number of nitrogens with one attached hydrogen (secondary N) is 1. The molecule has 1 aromatic rings. The molecule has 5 unspecified atom stereocenters. The molecule has 0 spiro atoms. The van der Waals surface area contributed by atoms with E-state index in [9.17, 15) is 15.3 Å². The van der Waals surface area contributed by atoms with Crippen LogP contribution in [-0.2, 0) is 22.6 Å². The number of rotatable bonds is 8. The Morgan fingerprint density at radius 1 is 1.36 bits per heavy atom. The van der Waals surface area contributed by atoms with Gasteiger partial charge in [0.05, 0.1) is 26.0 Å². The summed E-state index contributed by atoms with van der Waals surface area (Å²) in [5.74, 6) is 0. The molecule has 0 aliphatic carbocycles. The fourth-order valence-corrected chi connectivity index (χ4v) is 2.48. The van der Waals surface area contributed by atoms with Gasteiger partial charge in [0.2, 0.25) is 0 Å². The maximum absolute atomic E-state index is 9.85. The second kappa shape index (κ2) is 9.73. The van der Waals surface area contributed by atoms with Crippen LogP contribution in [0, 0.1) is 0 Å². The van der Waals surface area contributed by atoms with Gasteiger partial charge in [-0.2, -0.15) is 0 Å². The average molecular weight is 394 g/mol. The predicted octanol–water partition coefficient (Wildman–Crippen LogP) is -2.21. The topological polar surface area (TPSA) is 142 Å². The van der Waals surface area contributed by atoms with E-state index < -0.39 is 37.3 Å². The molecule has 0 radical (unpaired) electrons. The van der Waals surface area contributed by atoms with Crippen molar-refractivity contribution in [1.29, 1.82) is 0 Å². The molecule has 2 rings (SSSR count). The number of ether oxygens (including phenoxy) is 2. The van der Waals surface area contributed by atoms with Gasteiger partial charge in [-0.25, -0.2) is 0 Å². The number of aliphatic hydroxyl groups excluding tert-OH is 4. The van der Waals surface area contributed by atoms with E-state index >= 15 is 0 Å². The highest BCUT2D eigenvalue weighted by Gasteiger charge is 2.43. The number of hydrogen-bond donors (Lipinski definition) is 6. The summed E-state index contributed by atoms with van der Waals surface area (Å²) in [5.41, 5.74) is 0.714. The Kier molecular flexibility index (Phi) is 7.96. The zero-order valence-corrected chi connectivity index (χ0v) is 15.0. The molecule has 1 aliphatic heterocycles. The average Bonchev–Trinajstić information content (AvgIpc) is 3.04. The lowest BCUT2D eigenvalue weighted by atomic mass is 9.99. The lowest BCUT2D eigenvalue weighted by molar-refractivity contribution is -0.301. The number of nitrogens with zero attached hydrogens (tertiary/aromatic N) is 3. The molecule has 0 amide bonds. The van der Waals surface area contributed by atoms with Crippen molar-refractivity contribution in [2.45, 2.75) is 50.2 Å². The van der Waals surface area contributed by atoms with Crippen molar-refractivity contribution in [1.82, 2.24) is 20.3 Å². The standard InChI is InChI=1S/C13H22N4O6S2/c18-6-8-9(19)10(20)11(21)12(23-8)22-3-1-2-17-5-7(15-16-17)4-14-13(24)25/h5,8-12,18-21H,1-4,6H2,(H2,14,24,25). The molecule has 0 bridgehead atoms. The van der Waals surface area contributed by atoms with Crippen LogP contribution in [-0.4, -0.2) is 83.7 Å². The first-order chi connectivity index (χ1) is 11.9. The molecule has 2 heterocycles. The van der Waals surface area contributed by atoms with Crippen molar-refractivity contribution in [2.75, 3.05) is 13.2 Å². The number of hydrogen-bond acceptors (Lipinski definition) is 9. The van der Waals surface area contributed by atoms with Crippen molar-refractivity contribution in [3.63, 3.8) is 0 Å². The molecule has 142 valence electrons. The third kappa shape index (κ3) is 5.82. The lowest BCUT2D eigenvalue weighted by Crippen LogP contribution is -2.59. The van der Waals surface area contributed by atoms with Crippen molar-refractivity contribution < 1.29 is 29.9 Å². The second-order valence-corrected chi connectivity index (χ2v) is 6.71.